The number of hydrazone groups is 2. The summed E-state index contributed by atoms with van der Waals surface area (Å²) in [6, 6.07) is 25.0. The molecule has 4 aromatic rings. The van der Waals surface area contributed by atoms with E-state index < -0.39 is 5.82 Å². The minimum Gasteiger partial charge on any atom is -0.507 e. The molecule has 0 radical (unpaired) electrons. The lowest BCUT2D eigenvalue weighted by atomic mass is 10.1. The van der Waals surface area contributed by atoms with Crippen LogP contribution in [0.3, 0.4) is 0 Å². The van der Waals surface area contributed by atoms with E-state index in [4.69, 9.17) is 16.3 Å². The Labute approximate surface area is 281 Å². The van der Waals surface area contributed by atoms with Crippen LogP contribution in [0.1, 0.15) is 45.7 Å². The Bertz CT molecular complexity index is 1750. The van der Waals surface area contributed by atoms with Crippen LogP contribution in [0.4, 0.5) is 4.39 Å². The topological polar surface area (TPSA) is 136 Å². The molecule has 1 aliphatic heterocycles. The Kier molecular flexibility index (Phi) is 12.9. The number of carbonyl (C=O) groups excluding carboxylic acids is 2. The summed E-state index contributed by atoms with van der Waals surface area (Å²) in [4.78, 5) is 25.2. The smallest absolute Gasteiger partial charge is 0.271 e. The molecule has 2 amide bonds. The van der Waals surface area contributed by atoms with Gasteiger partial charge >= 0.3 is 0 Å². The maximum absolute atomic E-state index is 14.0. The van der Waals surface area contributed by atoms with Crippen LogP contribution in [0, 0.1) is 5.82 Å². The predicted octanol–water partition coefficient (Wildman–Crippen LogP) is 6.22. The molecule has 47 heavy (non-hydrogen) atoms. The van der Waals surface area contributed by atoms with Crippen LogP contribution in [0.2, 0.25) is 5.02 Å². The van der Waals surface area contributed by atoms with Crippen molar-refractivity contribution in [3.05, 3.63) is 124 Å². The van der Waals surface area contributed by atoms with E-state index >= 15 is 0 Å². The molecule has 13 heteroatoms. The van der Waals surface area contributed by atoms with E-state index in [-0.39, 0.29) is 39.5 Å². The van der Waals surface area contributed by atoms with Crippen molar-refractivity contribution in [1.29, 1.82) is 0 Å². The maximum Gasteiger partial charge on any atom is 0.271 e. The summed E-state index contributed by atoms with van der Waals surface area (Å²) < 4.78 is 21.6. The number of hydrogen-bond acceptors (Lipinski definition) is 9. The molecule has 0 bridgehead atoms. The lowest BCUT2D eigenvalue weighted by molar-refractivity contribution is 0.0773. The quantitative estimate of drug-likeness (QED) is 0.0987. The van der Waals surface area contributed by atoms with Crippen molar-refractivity contribution in [3.8, 4) is 11.5 Å². The molecule has 4 aromatic carbocycles. The first-order valence-corrected chi connectivity index (χ1v) is 15.6. The molecule has 0 unspecified atom stereocenters. The van der Waals surface area contributed by atoms with Crippen molar-refractivity contribution in [2.24, 2.45) is 10.2 Å². The van der Waals surface area contributed by atoms with Crippen LogP contribution >= 0.6 is 23.5 Å². The monoisotopic (exact) mass is 677 g/mol. The number of ether oxygens (including phenoxy) is 1. The van der Waals surface area contributed by atoms with Gasteiger partial charge in [-0.2, -0.15) is 10.2 Å². The molecular weight excluding hydrogens is 645 g/mol. The maximum atomic E-state index is 14.0. The summed E-state index contributed by atoms with van der Waals surface area (Å²) in [6.07, 6.45) is 0. The van der Waals surface area contributed by atoms with Gasteiger partial charge in [-0.15, -0.1) is 0 Å². The van der Waals surface area contributed by atoms with Crippen LogP contribution in [0.15, 0.2) is 106 Å². The summed E-state index contributed by atoms with van der Waals surface area (Å²) in [6.45, 7) is 6.30. The second kappa shape index (κ2) is 17.2. The van der Waals surface area contributed by atoms with Crippen molar-refractivity contribution in [3.63, 3.8) is 0 Å². The van der Waals surface area contributed by atoms with Crippen LogP contribution < -0.4 is 10.9 Å². The molecule has 0 saturated carbocycles. The summed E-state index contributed by atoms with van der Waals surface area (Å²) in [5.41, 5.74) is 6.90. The molecule has 1 aliphatic rings. The van der Waals surface area contributed by atoms with Crippen molar-refractivity contribution in [2.75, 3.05) is 26.3 Å². The number of aromatic hydroxyl groups is 2. The van der Waals surface area contributed by atoms with Gasteiger partial charge in [-0.25, -0.2) is 19.5 Å². The van der Waals surface area contributed by atoms with Gasteiger partial charge in [-0.1, -0.05) is 54.1 Å². The molecule has 0 spiro atoms. The summed E-state index contributed by atoms with van der Waals surface area (Å²) in [5, 5.41) is 27.3. The van der Waals surface area contributed by atoms with Crippen LogP contribution in [-0.4, -0.2) is 64.1 Å². The van der Waals surface area contributed by atoms with Crippen molar-refractivity contribution < 1.29 is 28.9 Å². The number of nitrogens with zero attached hydrogens (tertiary/aromatic N) is 3. The average Bonchev–Trinajstić information content (AvgIpc) is 3.08. The first kappa shape index (κ1) is 35.1. The zero-order valence-corrected chi connectivity index (χ0v) is 27.2. The van der Waals surface area contributed by atoms with E-state index in [0.29, 0.717) is 35.8 Å². The summed E-state index contributed by atoms with van der Waals surface area (Å²) in [5.74, 6) is -1.47. The predicted molar refractivity (Wildman–Crippen MR) is 182 cm³/mol. The van der Waals surface area contributed by atoms with E-state index in [9.17, 15) is 24.2 Å². The molecular formula is C34H33ClFN5O5S. The standard InChI is InChI=1S/C19H19ClFN3O2S.C15H14N2O3/c1-13(16-6-3-7-17(20)18(16)21)22-23-19(25)14-4-2-5-15(12-14)27-24-8-10-26-11-9-24;1-10(14-12(18)8-5-9-13(14)19)16-17-15(20)11-6-3-2-4-7-11/h2-7,12H,8-11H2,1H3,(H,23,25);2-9,18-19H,1H3,(H,17,20)/b22-13+;16-10+. The van der Waals surface area contributed by atoms with Gasteiger partial charge in [0.05, 0.1) is 35.2 Å². The highest BCUT2D eigenvalue weighted by Gasteiger charge is 2.14. The molecule has 1 heterocycles. The zero-order valence-electron chi connectivity index (χ0n) is 25.6. The average molecular weight is 678 g/mol. The number of amides is 2. The summed E-state index contributed by atoms with van der Waals surface area (Å²) >= 11 is 7.38. The molecule has 1 fully saturated rings. The van der Waals surface area contributed by atoms with Gasteiger partial charge in [-0.05, 0) is 74.3 Å². The van der Waals surface area contributed by atoms with E-state index in [1.54, 1.807) is 74.3 Å². The van der Waals surface area contributed by atoms with Crippen LogP contribution in [-0.2, 0) is 4.74 Å². The van der Waals surface area contributed by atoms with Crippen molar-refractivity contribution in [1.82, 2.24) is 15.2 Å². The SMILES string of the molecule is C/C(=N\NC(=O)c1cccc(SN2CCOCC2)c1)c1cccc(Cl)c1F.C/C(=N\NC(=O)c1ccccc1)c1c(O)cccc1O. The third-order valence-corrected chi connectivity index (χ3v) is 8.09. The second-order valence-electron chi connectivity index (χ2n) is 10.1. The molecule has 244 valence electrons. The van der Waals surface area contributed by atoms with E-state index in [1.165, 1.54) is 24.3 Å². The highest BCUT2D eigenvalue weighted by Crippen LogP contribution is 2.27. The van der Waals surface area contributed by atoms with Crippen molar-refractivity contribution >= 4 is 46.8 Å². The largest absolute Gasteiger partial charge is 0.507 e. The van der Waals surface area contributed by atoms with Crippen molar-refractivity contribution in [2.45, 2.75) is 18.7 Å². The number of rotatable bonds is 8. The Morgan fingerprint density at radius 1 is 0.809 bits per heavy atom. The number of nitrogens with one attached hydrogen (secondary N) is 2. The molecule has 10 nitrogen and oxygen atoms in total. The third-order valence-electron chi connectivity index (χ3n) is 6.71. The molecule has 0 atom stereocenters. The normalized spacial score (nSPS) is 13.7. The Morgan fingerprint density at radius 2 is 1.38 bits per heavy atom. The van der Waals surface area contributed by atoms with Gasteiger partial charge in [0, 0.05) is 34.7 Å². The fraction of sp³-hybridized carbons (Fsp3) is 0.176. The second-order valence-corrected chi connectivity index (χ2v) is 11.7. The van der Waals surface area contributed by atoms with E-state index in [0.717, 1.165) is 18.0 Å². The number of morpholine rings is 1. The third kappa shape index (κ3) is 10.1. The first-order chi connectivity index (χ1) is 22.6. The van der Waals surface area contributed by atoms with Gasteiger partial charge in [0.2, 0.25) is 0 Å². The van der Waals surface area contributed by atoms with Gasteiger partial charge in [0.25, 0.3) is 11.8 Å². The lowest BCUT2D eigenvalue weighted by Crippen LogP contribution is -2.30. The van der Waals surface area contributed by atoms with Gasteiger partial charge in [0.1, 0.15) is 11.5 Å². The fourth-order valence-electron chi connectivity index (χ4n) is 4.27. The van der Waals surface area contributed by atoms with Gasteiger partial charge < -0.3 is 14.9 Å². The Hall–Kier alpha value is -4.75. The van der Waals surface area contributed by atoms with Crippen LogP contribution in [0.25, 0.3) is 0 Å². The summed E-state index contributed by atoms with van der Waals surface area (Å²) in [7, 11) is 0. The van der Waals surface area contributed by atoms with E-state index in [2.05, 4.69) is 25.4 Å². The van der Waals surface area contributed by atoms with Gasteiger partial charge in [0.15, 0.2) is 5.82 Å². The Morgan fingerprint density at radius 3 is 2.06 bits per heavy atom. The fourth-order valence-corrected chi connectivity index (χ4v) is 5.39. The zero-order chi connectivity index (χ0) is 33.8. The van der Waals surface area contributed by atoms with E-state index in [1.807, 2.05) is 18.2 Å². The number of benzene rings is 4. The van der Waals surface area contributed by atoms with Crippen LogP contribution in [0.5, 0.6) is 11.5 Å². The molecule has 0 aliphatic carbocycles. The molecule has 4 N–H and O–H groups in total. The number of phenols is 2. The number of phenolic OH excluding ortho intramolecular Hbond substituents is 2. The first-order valence-electron chi connectivity index (χ1n) is 14.4. The molecule has 1 saturated heterocycles. The molecule has 5 rings (SSSR count). The van der Waals surface area contributed by atoms with Gasteiger partial charge in [-0.3, -0.25) is 9.59 Å². The Balaban J connectivity index is 0.000000223. The number of halogens is 2. The minimum atomic E-state index is -0.557. The number of hydrogen-bond donors (Lipinski definition) is 4. The highest BCUT2D eigenvalue weighted by atomic mass is 35.5. The number of carbonyl (C=O) groups is 2. The minimum absolute atomic E-state index is 0.0150. The highest BCUT2D eigenvalue weighted by molar-refractivity contribution is 7.97. The molecule has 0 aromatic heterocycles. The lowest BCUT2D eigenvalue weighted by Gasteiger charge is -2.25.